The fourth-order valence-corrected chi connectivity index (χ4v) is 2.47. The Labute approximate surface area is 136 Å². The largest absolute Gasteiger partial charge is 0.508 e. The molecule has 3 aromatic rings. The molecule has 0 saturated carbocycles. The molecule has 0 radical (unpaired) electrons. The summed E-state index contributed by atoms with van der Waals surface area (Å²) in [5, 5.41) is 12.9. The summed E-state index contributed by atoms with van der Waals surface area (Å²) in [6.07, 6.45) is 0.440. The second-order valence-corrected chi connectivity index (χ2v) is 5.38. The van der Waals surface area contributed by atoms with Crippen molar-refractivity contribution < 1.29 is 14.3 Å². The van der Waals surface area contributed by atoms with Crippen LogP contribution in [0, 0.1) is 5.82 Å². The van der Waals surface area contributed by atoms with Gasteiger partial charge in [0.1, 0.15) is 17.1 Å². The van der Waals surface area contributed by atoms with E-state index in [0.717, 1.165) is 0 Å². The standard InChI is InChI=1S/C18H15FN2O3/c19-13-6-5-12-9-14(18(24)21-15(12)10-13)17(23)20-8-7-11-3-1-2-4-16(11)22/h1-6,9-10,22H,7-8H2,(H,20,23)(H,21,24). The van der Waals surface area contributed by atoms with Gasteiger partial charge in [0, 0.05) is 6.54 Å². The van der Waals surface area contributed by atoms with Gasteiger partial charge in [0.25, 0.3) is 11.5 Å². The molecule has 6 heteroatoms. The van der Waals surface area contributed by atoms with Gasteiger partial charge in [-0.25, -0.2) is 4.39 Å². The third kappa shape index (κ3) is 3.27. The molecule has 122 valence electrons. The van der Waals surface area contributed by atoms with Crippen LogP contribution in [0.25, 0.3) is 10.9 Å². The zero-order valence-electron chi connectivity index (χ0n) is 12.7. The summed E-state index contributed by atoms with van der Waals surface area (Å²) in [5.41, 5.74) is 0.436. The van der Waals surface area contributed by atoms with E-state index in [-0.39, 0.29) is 17.9 Å². The van der Waals surface area contributed by atoms with Gasteiger partial charge in [-0.15, -0.1) is 0 Å². The summed E-state index contributed by atoms with van der Waals surface area (Å²) in [6, 6.07) is 12.3. The molecule has 1 aromatic heterocycles. The Morgan fingerprint density at radius 3 is 2.75 bits per heavy atom. The number of H-pyrrole nitrogens is 1. The highest BCUT2D eigenvalue weighted by Gasteiger charge is 2.12. The summed E-state index contributed by atoms with van der Waals surface area (Å²) < 4.78 is 13.2. The molecule has 1 heterocycles. The molecule has 0 bridgehead atoms. The Hall–Kier alpha value is -3.15. The van der Waals surface area contributed by atoms with E-state index in [4.69, 9.17) is 0 Å². The molecule has 5 nitrogen and oxygen atoms in total. The first-order valence-electron chi connectivity index (χ1n) is 7.42. The van der Waals surface area contributed by atoms with Crippen molar-refractivity contribution in [3.63, 3.8) is 0 Å². The number of benzene rings is 2. The van der Waals surface area contributed by atoms with Crippen LogP contribution in [-0.4, -0.2) is 22.5 Å². The number of fused-ring (bicyclic) bond motifs is 1. The van der Waals surface area contributed by atoms with Crippen molar-refractivity contribution in [2.45, 2.75) is 6.42 Å². The first-order chi connectivity index (χ1) is 11.5. The van der Waals surface area contributed by atoms with Crippen LogP contribution in [0.15, 0.2) is 53.3 Å². The van der Waals surface area contributed by atoms with Crippen molar-refractivity contribution in [3.05, 3.63) is 75.8 Å². The number of aromatic hydroxyl groups is 1. The quantitative estimate of drug-likeness (QED) is 0.688. The summed E-state index contributed by atoms with van der Waals surface area (Å²) in [6.45, 7) is 0.275. The van der Waals surface area contributed by atoms with Crippen molar-refractivity contribution in [2.24, 2.45) is 0 Å². The first kappa shape index (κ1) is 15.7. The summed E-state index contributed by atoms with van der Waals surface area (Å²) in [7, 11) is 0. The molecule has 3 rings (SSSR count). The number of nitrogens with one attached hydrogen (secondary N) is 2. The fourth-order valence-electron chi connectivity index (χ4n) is 2.47. The smallest absolute Gasteiger partial charge is 0.261 e. The lowest BCUT2D eigenvalue weighted by molar-refractivity contribution is 0.0952. The molecule has 0 aliphatic carbocycles. The monoisotopic (exact) mass is 326 g/mol. The molecule has 2 aromatic carbocycles. The predicted molar refractivity (Wildman–Crippen MR) is 88.7 cm³/mol. The van der Waals surface area contributed by atoms with E-state index >= 15 is 0 Å². The predicted octanol–water partition coefficient (Wildman–Crippen LogP) is 2.35. The average molecular weight is 326 g/mol. The maximum Gasteiger partial charge on any atom is 0.261 e. The Morgan fingerprint density at radius 2 is 1.96 bits per heavy atom. The highest BCUT2D eigenvalue weighted by atomic mass is 19.1. The molecule has 0 atom stereocenters. The summed E-state index contributed by atoms with van der Waals surface area (Å²) in [4.78, 5) is 26.7. The highest BCUT2D eigenvalue weighted by molar-refractivity contribution is 5.97. The highest BCUT2D eigenvalue weighted by Crippen LogP contribution is 2.16. The lowest BCUT2D eigenvalue weighted by Gasteiger charge is -2.07. The van der Waals surface area contributed by atoms with Crippen molar-refractivity contribution >= 4 is 16.8 Å². The maximum atomic E-state index is 13.2. The number of carbonyl (C=O) groups is 1. The van der Waals surface area contributed by atoms with Crippen LogP contribution in [-0.2, 0) is 6.42 Å². The van der Waals surface area contributed by atoms with E-state index in [1.807, 2.05) is 0 Å². The van der Waals surface area contributed by atoms with Crippen molar-refractivity contribution in [1.29, 1.82) is 0 Å². The van der Waals surface area contributed by atoms with Gasteiger partial charge in [0.2, 0.25) is 0 Å². The van der Waals surface area contributed by atoms with Gasteiger partial charge >= 0.3 is 0 Å². The molecular formula is C18H15FN2O3. The van der Waals surface area contributed by atoms with E-state index in [2.05, 4.69) is 10.3 Å². The molecule has 24 heavy (non-hydrogen) atoms. The summed E-state index contributed by atoms with van der Waals surface area (Å²) in [5.74, 6) is -0.812. The van der Waals surface area contributed by atoms with Gasteiger partial charge in [-0.2, -0.15) is 0 Å². The molecule has 3 N–H and O–H groups in total. The third-order valence-corrected chi connectivity index (χ3v) is 3.72. The minimum atomic E-state index is -0.576. The Bertz CT molecular complexity index is 966. The summed E-state index contributed by atoms with van der Waals surface area (Å²) >= 11 is 0. The van der Waals surface area contributed by atoms with Crippen LogP contribution >= 0.6 is 0 Å². The molecule has 0 aliphatic heterocycles. The van der Waals surface area contributed by atoms with Crippen LogP contribution in [0.5, 0.6) is 5.75 Å². The number of aromatic amines is 1. The average Bonchev–Trinajstić information content (AvgIpc) is 2.55. The number of hydrogen-bond acceptors (Lipinski definition) is 3. The number of phenols is 1. The van der Waals surface area contributed by atoms with E-state index in [0.29, 0.717) is 22.9 Å². The number of phenolic OH excluding ortho intramolecular Hbond substituents is 1. The van der Waals surface area contributed by atoms with Gasteiger partial charge in [0.15, 0.2) is 0 Å². The van der Waals surface area contributed by atoms with Crippen molar-refractivity contribution in [1.82, 2.24) is 10.3 Å². The molecule has 0 saturated heterocycles. The van der Waals surface area contributed by atoms with Crippen LogP contribution in [0.1, 0.15) is 15.9 Å². The molecule has 1 amide bonds. The van der Waals surface area contributed by atoms with E-state index in [1.165, 1.54) is 24.3 Å². The van der Waals surface area contributed by atoms with Crippen LogP contribution < -0.4 is 10.9 Å². The number of amides is 1. The zero-order chi connectivity index (χ0) is 17.1. The lowest BCUT2D eigenvalue weighted by Crippen LogP contribution is -2.31. The molecule has 0 spiro atoms. The number of hydrogen-bond donors (Lipinski definition) is 3. The number of halogens is 1. The second kappa shape index (κ2) is 6.54. The topological polar surface area (TPSA) is 82.2 Å². The van der Waals surface area contributed by atoms with Crippen molar-refractivity contribution in [2.75, 3.05) is 6.54 Å². The molecular weight excluding hydrogens is 311 g/mol. The number of carbonyl (C=O) groups excluding carboxylic acids is 1. The van der Waals surface area contributed by atoms with Gasteiger partial charge in [-0.05, 0) is 47.7 Å². The number of pyridine rings is 1. The van der Waals surface area contributed by atoms with Crippen LogP contribution in [0.2, 0.25) is 0 Å². The van der Waals surface area contributed by atoms with Gasteiger partial charge in [0.05, 0.1) is 5.52 Å². The minimum Gasteiger partial charge on any atom is -0.508 e. The Balaban J connectivity index is 1.74. The van der Waals surface area contributed by atoms with E-state index in [1.54, 1.807) is 24.3 Å². The fraction of sp³-hybridized carbons (Fsp3) is 0.111. The second-order valence-electron chi connectivity index (χ2n) is 5.38. The van der Waals surface area contributed by atoms with E-state index < -0.39 is 17.3 Å². The first-order valence-corrected chi connectivity index (χ1v) is 7.42. The number of para-hydroxylation sites is 1. The van der Waals surface area contributed by atoms with Gasteiger partial charge in [-0.3, -0.25) is 9.59 Å². The maximum absolute atomic E-state index is 13.2. The normalized spacial score (nSPS) is 10.7. The number of rotatable bonds is 4. The number of aromatic nitrogens is 1. The Morgan fingerprint density at radius 1 is 1.17 bits per heavy atom. The van der Waals surface area contributed by atoms with Crippen LogP contribution in [0.3, 0.4) is 0 Å². The Kier molecular flexibility index (Phi) is 4.29. The van der Waals surface area contributed by atoms with Crippen molar-refractivity contribution in [3.8, 4) is 5.75 Å². The molecule has 0 aliphatic rings. The van der Waals surface area contributed by atoms with E-state index in [9.17, 15) is 19.1 Å². The third-order valence-electron chi connectivity index (χ3n) is 3.72. The van der Waals surface area contributed by atoms with Gasteiger partial charge in [-0.1, -0.05) is 18.2 Å². The molecule has 0 unspecified atom stereocenters. The van der Waals surface area contributed by atoms with Gasteiger partial charge < -0.3 is 15.4 Å². The molecule has 0 fully saturated rings. The minimum absolute atomic E-state index is 0.0357. The SMILES string of the molecule is O=C(NCCc1ccccc1O)c1cc2ccc(F)cc2[nH]c1=O. The lowest BCUT2D eigenvalue weighted by atomic mass is 10.1. The van der Waals surface area contributed by atoms with Crippen LogP contribution in [0.4, 0.5) is 4.39 Å². The zero-order valence-corrected chi connectivity index (χ0v) is 12.7.